The molecule has 6 heteroatoms. The number of hydrogen-bond donors (Lipinski definition) is 2. The third-order valence-electron chi connectivity index (χ3n) is 5.35. The molecule has 33 heavy (non-hydrogen) atoms. The Balaban J connectivity index is 1.79. The minimum Gasteiger partial charge on any atom is -0.495 e. The van der Waals surface area contributed by atoms with Crippen molar-refractivity contribution in [2.24, 2.45) is 0 Å². The third-order valence-corrected chi connectivity index (χ3v) is 5.35. The van der Waals surface area contributed by atoms with Gasteiger partial charge in [0.05, 0.1) is 12.8 Å². The molecule has 0 radical (unpaired) electrons. The maximum Gasteiger partial charge on any atom is 0.348 e. The van der Waals surface area contributed by atoms with E-state index in [2.05, 4.69) is 26.1 Å². The smallest absolute Gasteiger partial charge is 0.348 e. The molecule has 0 aromatic heterocycles. The van der Waals surface area contributed by atoms with E-state index in [4.69, 9.17) is 9.47 Å². The first-order valence-electron chi connectivity index (χ1n) is 10.6. The highest BCUT2D eigenvalue weighted by molar-refractivity contribution is 5.95. The molecule has 0 saturated heterocycles. The van der Waals surface area contributed by atoms with Crippen molar-refractivity contribution < 1.29 is 24.2 Å². The number of esters is 1. The summed E-state index contributed by atoms with van der Waals surface area (Å²) >= 11 is 0. The SMILES string of the molecule is COc1ccc(C(C)(C)C)cc1NC(=O)COC(=O)C(O)(c1ccccc1)c1ccccc1. The number of methoxy groups -OCH3 is 1. The lowest BCUT2D eigenvalue weighted by molar-refractivity contribution is -0.163. The predicted molar refractivity (Wildman–Crippen MR) is 127 cm³/mol. The van der Waals surface area contributed by atoms with Crippen LogP contribution in [0.15, 0.2) is 78.9 Å². The molecule has 3 rings (SSSR count). The number of aliphatic hydroxyl groups is 1. The molecule has 0 saturated carbocycles. The Morgan fingerprint density at radius 3 is 1.88 bits per heavy atom. The second-order valence-electron chi connectivity index (χ2n) is 8.73. The van der Waals surface area contributed by atoms with Crippen molar-refractivity contribution in [1.29, 1.82) is 0 Å². The zero-order valence-electron chi connectivity index (χ0n) is 19.3. The van der Waals surface area contributed by atoms with Crippen LogP contribution in [0.1, 0.15) is 37.5 Å². The Labute approximate surface area is 194 Å². The molecule has 172 valence electrons. The molecular formula is C27H29NO5. The van der Waals surface area contributed by atoms with E-state index in [0.717, 1.165) is 5.56 Å². The van der Waals surface area contributed by atoms with Crippen molar-refractivity contribution in [3.63, 3.8) is 0 Å². The van der Waals surface area contributed by atoms with Gasteiger partial charge in [0.15, 0.2) is 6.61 Å². The highest BCUT2D eigenvalue weighted by atomic mass is 16.6. The fourth-order valence-corrected chi connectivity index (χ4v) is 3.46. The molecule has 0 unspecified atom stereocenters. The number of carbonyl (C=O) groups excluding carboxylic acids is 2. The zero-order chi connectivity index (χ0) is 24.1. The van der Waals surface area contributed by atoms with Crippen LogP contribution in [0.4, 0.5) is 5.69 Å². The topological polar surface area (TPSA) is 84.9 Å². The van der Waals surface area contributed by atoms with Crippen LogP contribution < -0.4 is 10.1 Å². The lowest BCUT2D eigenvalue weighted by Crippen LogP contribution is -2.39. The Kier molecular flexibility index (Phi) is 7.19. The first kappa shape index (κ1) is 24.0. The fraction of sp³-hybridized carbons (Fsp3) is 0.259. The Morgan fingerprint density at radius 2 is 1.39 bits per heavy atom. The molecule has 0 fully saturated rings. The summed E-state index contributed by atoms with van der Waals surface area (Å²) in [7, 11) is 1.52. The zero-order valence-corrected chi connectivity index (χ0v) is 19.3. The van der Waals surface area contributed by atoms with Crippen LogP contribution in [-0.2, 0) is 25.3 Å². The summed E-state index contributed by atoms with van der Waals surface area (Å²) in [5.41, 5.74) is 0.0139. The first-order valence-corrected chi connectivity index (χ1v) is 10.6. The van der Waals surface area contributed by atoms with Crippen LogP contribution in [0.25, 0.3) is 0 Å². The summed E-state index contributed by atoms with van der Waals surface area (Å²) in [5.74, 6) is -0.991. The largest absolute Gasteiger partial charge is 0.495 e. The number of amides is 1. The van der Waals surface area contributed by atoms with E-state index in [9.17, 15) is 14.7 Å². The van der Waals surface area contributed by atoms with Crippen molar-refractivity contribution in [1.82, 2.24) is 0 Å². The molecule has 0 heterocycles. The number of benzene rings is 3. The van der Waals surface area contributed by atoms with E-state index in [1.54, 1.807) is 66.7 Å². The highest BCUT2D eigenvalue weighted by Crippen LogP contribution is 2.32. The lowest BCUT2D eigenvalue weighted by Gasteiger charge is -2.27. The Hall–Kier alpha value is -3.64. The van der Waals surface area contributed by atoms with Crippen molar-refractivity contribution in [3.05, 3.63) is 95.6 Å². The van der Waals surface area contributed by atoms with Gasteiger partial charge in [0, 0.05) is 0 Å². The van der Waals surface area contributed by atoms with E-state index < -0.39 is 24.1 Å². The van der Waals surface area contributed by atoms with Crippen LogP contribution in [0.5, 0.6) is 5.75 Å². The molecular weight excluding hydrogens is 418 g/mol. The molecule has 6 nitrogen and oxygen atoms in total. The molecule has 2 N–H and O–H groups in total. The second-order valence-corrected chi connectivity index (χ2v) is 8.73. The van der Waals surface area contributed by atoms with Crippen molar-refractivity contribution in [2.75, 3.05) is 19.0 Å². The first-order chi connectivity index (χ1) is 15.7. The summed E-state index contributed by atoms with van der Waals surface area (Å²) in [6.07, 6.45) is 0. The summed E-state index contributed by atoms with van der Waals surface area (Å²) in [6, 6.07) is 22.6. The van der Waals surface area contributed by atoms with Crippen LogP contribution in [0.3, 0.4) is 0 Å². The van der Waals surface area contributed by atoms with Crippen molar-refractivity contribution in [3.8, 4) is 5.75 Å². The van der Waals surface area contributed by atoms with Crippen molar-refractivity contribution in [2.45, 2.75) is 31.8 Å². The van der Waals surface area contributed by atoms with Gasteiger partial charge < -0.3 is 19.9 Å². The van der Waals surface area contributed by atoms with Gasteiger partial charge in [0.25, 0.3) is 5.91 Å². The van der Waals surface area contributed by atoms with Gasteiger partial charge >= 0.3 is 5.97 Å². The van der Waals surface area contributed by atoms with Gasteiger partial charge in [0.1, 0.15) is 5.75 Å². The maximum absolute atomic E-state index is 13.1. The number of nitrogens with one attached hydrogen (secondary N) is 1. The number of ether oxygens (including phenoxy) is 2. The normalized spacial score (nSPS) is 11.5. The Bertz CT molecular complexity index is 1060. The van der Waals surface area contributed by atoms with Gasteiger partial charge in [-0.15, -0.1) is 0 Å². The second kappa shape index (κ2) is 9.88. The molecule has 0 aliphatic heterocycles. The van der Waals surface area contributed by atoms with Crippen LogP contribution in [0.2, 0.25) is 0 Å². The van der Waals surface area contributed by atoms with Gasteiger partial charge in [0.2, 0.25) is 5.60 Å². The van der Waals surface area contributed by atoms with Gasteiger partial charge in [-0.25, -0.2) is 4.79 Å². The molecule has 1 amide bonds. The Morgan fingerprint density at radius 1 is 0.848 bits per heavy atom. The minimum absolute atomic E-state index is 0.125. The summed E-state index contributed by atoms with van der Waals surface area (Å²) in [5, 5.41) is 14.1. The summed E-state index contributed by atoms with van der Waals surface area (Å²) in [6.45, 7) is 5.63. The fourth-order valence-electron chi connectivity index (χ4n) is 3.46. The average molecular weight is 448 g/mol. The van der Waals surface area contributed by atoms with E-state index in [-0.39, 0.29) is 5.41 Å². The van der Waals surface area contributed by atoms with E-state index in [1.165, 1.54) is 7.11 Å². The van der Waals surface area contributed by atoms with Crippen molar-refractivity contribution >= 4 is 17.6 Å². The number of hydrogen-bond acceptors (Lipinski definition) is 5. The van der Waals surface area contributed by atoms with E-state index in [1.807, 2.05) is 12.1 Å². The number of anilines is 1. The van der Waals surface area contributed by atoms with Gasteiger partial charge in [-0.3, -0.25) is 4.79 Å². The molecule has 0 aliphatic rings. The number of carbonyl (C=O) groups is 2. The molecule has 0 spiro atoms. The van der Waals surface area contributed by atoms with Gasteiger partial charge in [-0.2, -0.15) is 0 Å². The van der Waals surface area contributed by atoms with Gasteiger partial charge in [-0.1, -0.05) is 87.5 Å². The molecule has 0 atom stereocenters. The van der Waals surface area contributed by atoms with E-state index >= 15 is 0 Å². The minimum atomic E-state index is -2.05. The monoisotopic (exact) mass is 447 g/mol. The molecule has 3 aromatic carbocycles. The average Bonchev–Trinajstić information content (AvgIpc) is 2.82. The maximum atomic E-state index is 13.1. The third kappa shape index (κ3) is 5.41. The molecule has 3 aromatic rings. The summed E-state index contributed by atoms with van der Waals surface area (Å²) < 4.78 is 10.6. The lowest BCUT2D eigenvalue weighted by atomic mass is 9.86. The van der Waals surface area contributed by atoms with Gasteiger partial charge in [-0.05, 0) is 34.2 Å². The van der Waals surface area contributed by atoms with Crippen LogP contribution in [-0.4, -0.2) is 30.7 Å². The van der Waals surface area contributed by atoms with Crippen LogP contribution in [0, 0.1) is 0 Å². The highest BCUT2D eigenvalue weighted by Gasteiger charge is 2.41. The van der Waals surface area contributed by atoms with Crippen LogP contribution >= 0.6 is 0 Å². The molecule has 0 bridgehead atoms. The quantitative estimate of drug-likeness (QED) is 0.524. The standard InChI is InChI=1S/C27H29NO5/c1-26(2,3)21-15-16-23(32-4)22(17-21)28-24(29)18-33-25(30)27(31,19-11-7-5-8-12-19)20-13-9-6-10-14-20/h5-17,31H,18H2,1-4H3,(H,28,29). The summed E-state index contributed by atoms with van der Waals surface area (Å²) in [4.78, 5) is 25.7. The number of rotatable bonds is 7. The molecule has 0 aliphatic carbocycles. The predicted octanol–water partition coefficient (Wildman–Crippen LogP) is 4.41. The van der Waals surface area contributed by atoms with E-state index in [0.29, 0.717) is 22.6 Å².